The summed E-state index contributed by atoms with van der Waals surface area (Å²) in [4.78, 5) is 44.5. The Bertz CT molecular complexity index is 2110. The average molecular weight is 913 g/mol. The molecule has 0 saturated carbocycles. The van der Waals surface area contributed by atoms with Crippen molar-refractivity contribution in [1.82, 2.24) is 0 Å². The topological polar surface area (TPSA) is 51.2 Å². The van der Waals surface area contributed by atoms with Gasteiger partial charge in [-0.2, -0.15) is 0 Å². The van der Waals surface area contributed by atoms with Crippen LogP contribution in [0.15, 0.2) is 212 Å². The summed E-state index contributed by atoms with van der Waals surface area (Å²) in [5.74, 6) is -0.857. The number of rotatable bonds is 15. The predicted molar refractivity (Wildman–Crippen MR) is 225 cm³/mol. The number of carbonyl (C=O) groups excluding carboxylic acids is 3. The summed E-state index contributed by atoms with van der Waals surface area (Å²) < 4.78 is 1.16. The maximum atomic E-state index is 14.8. The molecule has 6 aromatic carbocycles. The van der Waals surface area contributed by atoms with E-state index < -0.39 is 16.8 Å². The Balaban J connectivity index is 0.00000600. The fourth-order valence-electron chi connectivity index (χ4n) is 5.35. The number of hydrogen-bond donors (Lipinski definition) is 0. The fourth-order valence-corrected chi connectivity index (χ4v) is 9.69. The second-order valence-electron chi connectivity index (χ2n) is 12.2. The summed E-state index contributed by atoms with van der Waals surface area (Å²) in [6.45, 7) is 0. The van der Waals surface area contributed by atoms with Crippen LogP contribution >= 0.6 is 0 Å². The number of carbonyl (C=O) groups is 3. The third-order valence-electron chi connectivity index (χ3n) is 8.10. The van der Waals surface area contributed by atoms with Crippen LogP contribution in [0.25, 0.3) is 36.5 Å². The van der Waals surface area contributed by atoms with E-state index in [0.717, 1.165) is 33.4 Å². The van der Waals surface area contributed by atoms with E-state index in [9.17, 15) is 14.4 Å². The Labute approximate surface area is 348 Å². The largest absolute Gasteiger partial charge is 0 e. The maximum absolute atomic E-state index is 14.8. The van der Waals surface area contributed by atoms with Gasteiger partial charge in [0, 0.05) is 20.4 Å². The Morgan fingerprint density at radius 1 is 0.304 bits per heavy atom. The van der Waals surface area contributed by atoms with E-state index in [-0.39, 0.29) is 37.8 Å². The molecule has 281 valence electrons. The van der Waals surface area contributed by atoms with Crippen molar-refractivity contribution in [2.45, 2.75) is 0 Å². The van der Waals surface area contributed by atoms with E-state index >= 15 is 0 Å². The Morgan fingerprint density at radius 3 is 0.714 bits per heavy atom. The molecule has 0 radical (unpaired) electrons. The monoisotopic (exact) mass is 911 g/mol. The van der Waals surface area contributed by atoms with Gasteiger partial charge in [0.1, 0.15) is 0 Å². The number of allylic oxidation sites excluding steroid dienone is 6. The standard InChI is InChI=1S/3C17H13O.2Pd/c3*18-17(13-11-15-7-3-1-4-8-15)14-12-16-9-5-2-6-10-16;;/h3*1-13H;;. The molecule has 3 nitrogen and oxygen atoms in total. The van der Waals surface area contributed by atoms with Crippen molar-refractivity contribution < 1.29 is 51.6 Å². The van der Waals surface area contributed by atoms with Gasteiger partial charge in [0.2, 0.25) is 0 Å². The van der Waals surface area contributed by atoms with Gasteiger partial charge in [-0.05, 0) is 0 Å². The van der Waals surface area contributed by atoms with Crippen molar-refractivity contribution in [2.75, 3.05) is 0 Å². The molecule has 0 bridgehead atoms. The SMILES string of the molecule is O=C(C=Cc1ccccc1)[C](=Cc1ccccc1)[Pd]([C](=Cc1ccccc1)C(=O)C=Cc1ccccc1)[C](=Cc1ccccc1)C(=O)C=Cc1ccccc1.[Pd]. The van der Waals surface area contributed by atoms with Crippen molar-refractivity contribution in [1.29, 1.82) is 0 Å². The predicted octanol–water partition coefficient (Wildman–Crippen LogP) is 11.6. The zero-order valence-electron chi connectivity index (χ0n) is 30.4. The van der Waals surface area contributed by atoms with Crippen molar-refractivity contribution >= 4 is 53.8 Å². The molecule has 0 aliphatic heterocycles. The summed E-state index contributed by atoms with van der Waals surface area (Å²) >= 11 is -2.91. The van der Waals surface area contributed by atoms with Gasteiger partial charge in [-0.25, -0.2) is 0 Å². The molecular formula is C51H39O3Pd2. The van der Waals surface area contributed by atoms with Crippen LogP contribution in [0.5, 0.6) is 0 Å². The van der Waals surface area contributed by atoms with E-state index in [1.165, 1.54) is 0 Å². The number of ketones is 3. The van der Waals surface area contributed by atoms with E-state index in [4.69, 9.17) is 0 Å². The van der Waals surface area contributed by atoms with Crippen LogP contribution in [0.2, 0.25) is 0 Å². The molecule has 0 aliphatic rings. The summed E-state index contributed by atoms with van der Waals surface area (Å²) in [5.41, 5.74) is 4.91. The summed E-state index contributed by atoms with van der Waals surface area (Å²) in [6, 6.07) is 57.5. The molecule has 0 saturated heterocycles. The molecule has 0 unspecified atom stereocenters. The third kappa shape index (κ3) is 12.3. The molecule has 5 heteroatoms. The van der Waals surface area contributed by atoms with Crippen molar-refractivity contribution in [3.8, 4) is 0 Å². The normalized spacial score (nSPS) is 12.4. The van der Waals surface area contributed by atoms with Crippen LogP contribution in [0.4, 0.5) is 0 Å². The zero-order chi connectivity index (χ0) is 38.1. The second kappa shape index (κ2) is 21.8. The molecular weight excluding hydrogens is 873 g/mol. The van der Waals surface area contributed by atoms with Crippen LogP contribution in [-0.4, -0.2) is 17.3 Å². The Morgan fingerprint density at radius 2 is 0.500 bits per heavy atom. The minimum Gasteiger partial charge on any atom is 0 e. The van der Waals surface area contributed by atoms with Gasteiger partial charge in [-0.15, -0.1) is 0 Å². The quantitative estimate of drug-likeness (QED) is 0.0762. The summed E-state index contributed by atoms with van der Waals surface area (Å²) in [7, 11) is 0. The number of benzene rings is 6. The zero-order valence-corrected chi connectivity index (χ0v) is 33.5. The van der Waals surface area contributed by atoms with E-state index in [1.807, 2.05) is 200 Å². The van der Waals surface area contributed by atoms with Crippen molar-refractivity contribution in [3.05, 3.63) is 246 Å². The molecule has 0 amide bonds. The van der Waals surface area contributed by atoms with Gasteiger partial charge in [0.15, 0.2) is 0 Å². The Kier molecular flexibility index (Phi) is 16.1. The first kappa shape index (κ1) is 41.3. The molecule has 0 aromatic heterocycles. The van der Waals surface area contributed by atoms with Crippen LogP contribution in [0.3, 0.4) is 0 Å². The van der Waals surface area contributed by atoms with E-state index in [1.54, 1.807) is 36.5 Å². The van der Waals surface area contributed by atoms with Gasteiger partial charge >= 0.3 is 331 Å². The molecule has 0 fully saturated rings. The molecule has 0 N–H and O–H groups in total. The van der Waals surface area contributed by atoms with Crippen LogP contribution < -0.4 is 0 Å². The summed E-state index contributed by atoms with van der Waals surface area (Å²) in [6.07, 6.45) is 15.5. The average Bonchev–Trinajstić information content (AvgIpc) is 3.25. The smallest absolute Gasteiger partial charge is 0 e. The van der Waals surface area contributed by atoms with Crippen molar-refractivity contribution in [3.63, 3.8) is 0 Å². The molecule has 6 rings (SSSR count). The molecule has 0 atom stereocenters. The van der Waals surface area contributed by atoms with Gasteiger partial charge in [0.25, 0.3) is 0 Å². The van der Waals surface area contributed by atoms with Crippen LogP contribution in [0, 0.1) is 0 Å². The van der Waals surface area contributed by atoms with E-state index in [0.29, 0.717) is 12.1 Å². The third-order valence-corrected chi connectivity index (χ3v) is 12.4. The number of hydrogen-bond acceptors (Lipinski definition) is 3. The fraction of sp³-hybridized carbons (Fsp3) is 0. The first-order valence-electron chi connectivity index (χ1n) is 17.8. The molecule has 0 spiro atoms. The summed E-state index contributed by atoms with van der Waals surface area (Å²) in [5, 5.41) is 0. The van der Waals surface area contributed by atoms with Crippen LogP contribution in [-0.2, 0) is 51.6 Å². The van der Waals surface area contributed by atoms with E-state index in [2.05, 4.69) is 0 Å². The van der Waals surface area contributed by atoms with Gasteiger partial charge in [0.05, 0.1) is 0 Å². The minimum atomic E-state index is -2.91. The first-order valence-corrected chi connectivity index (χ1v) is 20.1. The second-order valence-corrected chi connectivity index (χ2v) is 15.8. The van der Waals surface area contributed by atoms with Gasteiger partial charge < -0.3 is 0 Å². The molecule has 0 aliphatic carbocycles. The first-order chi connectivity index (χ1) is 27.0. The Hall–Kier alpha value is -5.91. The van der Waals surface area contributed by atoms with Gasteiger partial charge in [-0.1, -0.05) is 0 Å². The maximum Gasteiger partial charge on any atom is 0 e. The molecule has 6 aromatic rings. The van der Waals surface area contributed by atoms with Crippen LogP contribution in [0.1, 0.15) is 33.4 Å². The molecule has 0 heterocycles. The minimum absolute atomic E-state index is 0. The molecule has 56 heavy (non-hydrogen) atoms. The van der Waals surface area contributed by atoms with Gasteiger partial charge in [-0.3, -0.25) is 0 Å². The van der Waals surface area contributed by atoms with Crippen molar-refractivity contribution in [2.24, 2.45) is 0 Å².